The summed E-state index contributed by atoms with van der Waals surface area (Å²) in [6, 6.07) is 7.72. The molecule has 0 atom stereocenters. The maximum absolute atomic E-state index is 12.1. The van der Waals surface area contributed by atoms with Gasteiger partial charge >= 0.3 is 5.97 Å². The molecule has 0 fully saturated rings. The van der Waals surface area contributed by atoms with Crippen LogP contribution in [0.4, 0.5) is 0 Å². The smallest absolute Gasteiger partial charge is 0.305 e. The summed E-state index contributed by atoms with van der Waals surface area (Å²) >= 11 is 0. The maximum atomic E-state index is 12.1. The summed E-state index contributed by atoms with van der Waals surface area (Å²) in [6.45, 7) is 4.27. The summed E-state index contributed by atoms with van der Waals surface area (Å²) in [5, 5.41) is 6.56. The van der Waals surface area contributed by atoms with Gasteiger partial charge in [-0.3, -0.25) is 14.6 Å². The van der Waals surface area contributed by atoms with Crippen molar-refractivity contribution in [2.75, 3.05) is 40.8 Å². The summed E-state index contributed by atoms with van der Waals surface area (Å²) < 4.78 is 4.63. The van der Waals surface area contributed by atoms with Gasteiger partial charge < -0.3 is 20.3 Å². The molecule has 1 amide bonds. The number of benzene rings is 1. The third kappa shape index (κ3) is 11.7. The van der Waals surface area contributed by atoms with E-state index in [-0.39, 0.29) is 35.9 Å². The summed E-state index contributed by atoms with van der Waals surface area (Å²) in [5.74, 6) is 0.641. The number of rotatable bonds is 11. The van der Waals surface area contributed by atoms with Crippen LogP contribution in [0.2, 0.25) is 0 Å². The summed E-state index contributed by atoms with van der Waals surface area (Å²) in [7, 11) is 4.92. The van der Waals surface area contributed by atoms with Gasteiger partial charge in [0, 0.05) is 45.7 Å². The Hall–Kier alpha value is -1.84. The van der Waals surface area contributed by atoms with Crippen LogP contribution in [-0.2, 0) is 16.0 Å². The molecule has 0 saturated heterocycles. The second-order valence-corrected chi connectivity index (χ2v) is 6.72. The lowest BCUT2D eigenvalue weighted by Gasteiger charge is -2.13. The van der Waals surface area contributed by atoms with Crippen molar-refractivity contribution in [1.29, 1.82) is 0 Å². The highest BCUT2D eigenvalue weighted by Gasteiger charge is 2.08. The highest BCUT2D eigenvalue weighted by Crippen LogP contribution is 2.08. The zero-order chi connectivity index (χ0) is 20.8. The van der Waals surface area contributed by atoms with Gasteiger partial charge in [-0.05, 0) is 43.9 Å². The van der Waals surface area contributed by atoms with Crippen LogP contribution >= 0.6 is 24.0 Å². The molecule has 1 rings (SSSR count). The van der Waals surface area contributed by atoms with E-state index >= 15 is 0 Å². The fourth-order valence-corrected chi connectivity index (χ4v) is 2.64. The van der Waals surface area contributed by atoms with Crippen molar-refractivity contribution in [3.05, 3.63) is 35.4 Å². The number of unbranched alkanes of at least 4 members (excludes halogenated alkanes) is 2. The Morgan fingerprint density at radius 3 is 2.55 bits per heavy atom. The van der Waals surface area contributed by atoms with Gasteiger partial charge in [-0.2, -0.15) is 0 Å². The molecule has 0 bridgehead atoms. The molecule has 7 nitrogen and oxygen atoms in total. The topological polar surface area (TPSA) is 83.0 Å². The van der Waals surface area contributed by atoms with E-state index in [0.717, 1.165) is 50.3 Å². The Labute approximate surface area is 191 Å². The molecule has 0 aliphatic carbocycles. The van der Waals surface area contributed by atoms with Gasteiger partial charge in [-0.15, -0.1) is 24.0 Å². The average Bonchev–Trinajstić information content (AvgIpc) is 2.69. The molecule has 0 spiro atoms. The third-order valence-corrected chi connectivity index (χ3v) is 4.17. The molecule has 164 valence electrons. The van der Waals surface area contributed by atoms with E-state index in [1.165, 1.54) is 7.11 Å². The first-order chi connectivity index (χ1) is 13.5. The van der Waals surface area contributed by atoms with Crippen LogP contribution in [0.3, 0.4) is 0 Å². The number of amides is 1. The van der Waals surface area contributed by atoms with Gasteiger partial charge in [0.25, 0.3) is 5.91 Å². The standard InChI is InChI=1S/C21H34N4O3.HI/c1-5-22-21(23-14-8-6-7-12-19(26)28-4)24-15-13-17-10-9-11-18(16-17)20(27)25(2)3;/h9-11,16H,5-8,12-15H2,1-4H3,(H2,22,23,24);1H. The first-order valence-electron chi connectivity index (χ1n) is 9.87. The van der Waals surface area contributed by atoms with E-state index in [1.807, 2.05) is 31.2 Å². The monoisotopic (exact) mass is 518 g/mol. The molecule has 0 aromatic heterocycles. The van der Waals surface area contributed by atoms with E-state index in [9.17, 15) is 9.59 Å². The minimum absolute atomic E-state index is 0. The number of nitrogens with zero attached hydrogens (tertiary/aromatic N) is 2. The minimum atomic E-state index is -0.158. The lowest BCUT2D eigenvalue weighted by atomic mass is 10.1. The van der Waals surface area contributed by atoms with Crippen molar-refractivity contribution < 1.29 is 14.3 Å². The second-order valence-electron chi connectivity index (χ2n) is 6.72. The Morgan fingerprint density at radius 1 is 1.14 bits per heavy atom. The van der Waals surface area contributed by atoms with Crippen LogP contribution in [0.1, 0.15) is 48.5 Å². The van der Waals surface area contributed by atoms with Crippen molar-refractivity contribution >= 4 is 41.8 Å². The molecule has 2 N–H and O–H groups in total. The largest absolute Gasteiger partial charge is 0.469 e. The number of carbonyl (C=O) groups is 2. The van der Waals surface area contributed by atoms with Crippen molar-refractivity contribution in [1.82, 2.24) is 15.5 Å². The quantitative estimate of drug-likeness (QED) is 0.155. The molecule has 0 aliphatic heterocycles. The fourth-order valence-electron chi connectivity index (χ4n) is 2.64. The molecule has 29 heavy (non-hydrogen) atoms. The highest BCUT2D eigenvalue weighted by atomic mass is 127. The Bertz CT molecular complexity index is 651. The zero-order valence-electron chi connectivity index (χ0n) is 18.0. The van der Waals surface area contributed by atoms with E-state index in [4.69, 9.17) is 0 Å². The van der Waals surface area contributed by atoms with Crippen LogP contribution in [0.15, 0.2) is 29.3 Å². The minimum Gasteiger partial charge on any atom is -0.469 e. The van der Waals surface area contributed by atoms with Crippen LogP contribution < -0.4 is 10.6 Å². The molecule has 0 radical (unpaired) electrons. The van der Waals surface area contributed by atoms with E-state index in [2.05, 4.69) is 20.4 Å². The first-order valence-corrected chi connectivity index (χ1v) is 9.87. The second kappa shape index (κ2) is 16.0. The number of hydrogen-bond donors (Lipinski definition) is 2. The van der Waals surface area contributed by atoms with Gasteiger partial charge in [0.1, 0.15) is 0 Å². The molecule has 0 aliphatic rings. The number of ether oxygens (including phenoxy) is 1. The summed E-state index contributed by atoms with van der Waals surface area (Å²) in [4.78, 5) is 29.3. The van der Waals surface area contributed by atoms with Crippen molar-refractivity contribution in [3.63, 3.8) is 0 Å². The normalized spacial score (nSPS) is 10.7. The average molecular weight is 518 g/mol. The fraction of sp³-hybridized carbons (Fsp3) is 0.571. The third-order valence-electron chi connectivity index (χ3n) is 4.17. The predicted octanol–water partition coefficient (Wildman–Crippen LogP) is 2.84. The van der Waals surface area contributed by atoms with E-state index in [0.29, 0.717) is 18.5 Å². The molecular weight excluding hydrogens is 483 g/mol. The molecule has 0 unspecified atom stereocenters. The van der Waals surface area contributed by atoms with Gasteiger partial charge in [0.2, 0.25) is 0 Å². The summed E-state index contributed by atoms with van der Waals surface area (Å²) in [6.07, 6.45) is 3.98. The van der Waals surface area contributed by atoms with Crippen LogP contribution in [0, 0.1) is 0 Å². The number of methoxy groups -OCH3 is 1. The Balaban J connectivity index is 0.00000784. The number of guanidine groups is 1. The molecule has 8 heteroatoms. The van der Waals surface area contributed by atoms with Crippen molar-refractivity contribution in [2.45, 2.75) is 39.0 Å². The number of aliphatic imine (C=N–C) groups is 1. The lowest BCUT2D eigenvalue weighted by molar-refractivity contribution is -0.140. The molecule has 0 heterocycles. The zero-order valence-corrected chi connectivity index (χ0v) is 20.3. The number of halogens is 1. The lowest BCUT2D eigenvalue weighted by Crippen LogP contribution is -2.38. The molecular formula is C21H35IN4O3. The van der Waals surface area contributed by atoms with Crippen LogP contribution in [-0.4, -0.2) is 63.6 Å². The van der Waals surface area contributed by atoms with Crippen molar-refractivity contribution in [2.24, 2.45) is 4.99 Å². The number of hydrogen-bond acceptors (Lipinski definition) is 4. The number of nitrogens with one attached hydrogen (secondary N) is 2. The van der Waals surface area contributed by atoms with Gasteiger partial charge in [0.05, 0.1) is 7.11 Å². The first kappa shape index (κ1) is 27.2. The van der Waals surface area contributed by atoms with Gasteiger partial charge in [-0.1, -0.05) is 18.6 Å². The summed E-state index contributed by atoms with van der Waals surface area (Å²) in [5.41, 5.74) is 1.81. The Morgan fingerprint density at radius 2 is 1.90 bits per heavy atom. The van der Waals surface area contributed by atoms with Crippen LogP contribution in [0.25, 0.3) is 0 Å². The molecule has 1 aromatic rings. The van der Waals surface area contributed by atoms with Crippen molar-refractivity contribution in [3.8, 4) is 0 Å². The van der Waals surface area contributed by atoms with Crippen LogP contribution in [0.5, 0.6) is 0 Å². The molecule has 1 aromatic carbocycles. The Kier molecular flexibility index (Phi) is 15.0. The predicted molar refractivity (Wildman–Crippen MR) is 128 cm³/mol. The number of carbonyl (C=O) groups excluding carboxylic acids is 2. The van der Waals surface area contributed by atoms with E-state index in [1.54, 1.807) is 19.0 Å². The number of esters is 1. The molecule has 0 saturated carbocycles. The van der Waals surface area contributed by atoms with Gasteiger partial charge in [-0.25, -0.2) is 0 Å². The van der Waals surface area contributed by atoms with E-state index < -0.39 is 0 Å². The maximum Gasteiger partial charge on any atom is 0.305 e. The highest BCUT2D eigenvalue weighted by molar-refractivity contribution is 14.0. The van der Waals surface area contributed by atoms with Gasteiger partial charge in [0.15, 0.2) is 5.96 Å². The SMILES string of the molecule is CCNC(=NCCCCCC(=O)OC)NCCc1cccc(C(=O)N(C)C)c1.I.